The van der Waals surface area contributed by atoms with Gasteiger partial charge in [0.15, 0.2) is 0 Å². The number of hydrogen-bond acceptors (Lipinski definition) is 3. The molecule has 0 aliphatic heterocycles. The van der Waals surface area contributed by atoms with E-state index in [0.29, 0.717) is 0 Å². The second kappa shape index (κ2) is 8.26. The Hall–Kier alpha value is -1.25. The Balaban J connectivity index is 0.00000220. The molecule has 1 atom stereocenters. The van der Waals surface area contributed by atoms with Crippen molar-refractivity contribution in [3.05, 3.63) is 60.7 Å². The first-order valence-corrected chi connectivity index (χ1v) is 10.5. The molecule has 0 saturated heterocycles. The molecule has 0 aliphatic rings. The van der Waals surface area contributed by atoms with Gasteiger partial charge in [-0.1, -0.05) is 68.1 Å². The van der Waals surface area contributed by atoms with Gasteiger partial charge in [0.05, 0.1) is 0 Å². The van der Waals surface area contributed by atoms with Crippen LogP contribution in [0, 0.1) is 0 Å². The van der Waals surface area contributed by atoms with Crippen LogP contribution in [-0.2, 0) is 13.0 Å². The first kappa shape index (κ1) is 17.8. The molecule has 114 valence electrons. The Labute approximate surface area is 130 Å². The van der Waals surface area contributed by atoms with Crippen LogP contribution in [0.2, 0.25) is 6.55 Å². The van der Waals surface area contributed by atoms with Crippen molar-refractivity contribution in [1.82, 2.24) is 0 Å². The van der Waals surface area contributed by atoms with E-state index in [2.05, 4.69) is 24.3 Å². The molecule has 5 heteroatoms. The van der Waals surface area contributed by atoms with Crippen molar-refractivity contribution in [2.75, 3.05) is 14.2 Å². The molecular formula is C16H24O3Si2. The lowest BCUT2D eigenvalue weighted by molar-refractivity contribution is 0.279. The van der Waals surface area contributed by atoms with Gasteiger partial charge in [0.2, 0.25) is 0 Å². The van der Waals surface area contributed by atoms with Crippen molar-refractivity contribution in [3.63, 3.8) is 0 Å². The second-order valence-corrected chi connectivity index (χ2v) is 9.82. The van der Waals surface area contributed by atoms with Gasteiger partial charge in [-0.25, -0.2) is 0 Å². The van der Waals surface area contributed by atoms with E-state index in [0.717, 1.165) is 10.4 Å². The van der Waals surface area contributed by atoms with Crippen molar-refractivity contribution in [2.24, 2.45) is 0 Å². The van der Waals surface area contributed by atoms with Gasteiger partial charge in [0.25, 0.3) is 0 Å². The van der Waals surface area contributed by atoms with E-state index < -0.39 is 17.8 Å². The zero-order valence-electron chi connectivity index (χ0n) is 12.1. The standard InChI is InChI=1S/C15H20O3Si2.CH4/c1-16-19(3)18-20(17-2,14-10-6-4-7-11-14)15-12-8-5-9-13-15;/h4-13,19H,1-3H3;1H4. The Morgan fingerprint density at radius 2 is 1.24 bits per heavy atom. The molecule has 0 fully saturated rings. The molecule has 1 unspecified atom stereocenters. The highest BCUT2D eigenvalue weighted by Gasteiger charge is 2.43. The highest BCUT2D eigenvalue weighted by atomic mass is 28.4. The van der Waals surface area contributed by atoms with E-state index in [-0.39, 0.29) is 7.43 Å². The van der Waals surface area contributed by atoms with Gasteiger partial charge in [-0.2, -0.15) is 0 Å². The third kappa shape index (κ3) is 3.90. The predicted molar refractivity (Wildman–Crippen MR) is 92.8 cm³/mol. The lowest BCUT2D eigenvalue weighted by atomic mass is 10.4. The molecule has 2 aromatic rings. The summed E-state index contributed by atoms with van der Waals surface area (Å²) in [6.45, 7) is 2.02. The highest BCUT2D eigenvalue weighted by molar-refractivity contribution is 6.95. The van der Waals surface area contributed by atoms with E-state index in [4.69, 9.17) is 13.0 Å². The van der Waals surface area contributed by atoms with Gasteiger partial charge in [0.1, 0.15) is 0 Å². The molecule has 0 aliphatic carbocycles. The molecule has 3 nitrogen and oxygen atoms in total. The molecule has 2 rings (SSSR count). The summed E-state index contributed by atoms with van der Waals surface area (Å²) in [6, 6.07) is 20.3. The van der Waals surface area contributed by atoms with E-state index in [1.165, 1.54) is 0 Å². The topological polar surface area (TPSA) is 27.7 Å². The van der Waals surface area contributed by atoms with E-state index in [1.807, 2.05) is 42.9 Å². The Morgan fingerprint density at radius 3 is 1.57 bits per heavy atom. The SMILES string of the molecule is C.CO[SiH](C)O[Si](OC)(c1ccccc1)c1ccccc1. The van der Waals surface area contributed by atoms with Crippen LogP contribution in [0.25, 0.3) is 0 Å². The minimum atomic E-state index is -2.67. The highest BCUT2D eigenvalue weighted by Crippen LogP contribution is 2.10. The first-order chi connectivity index (χ1) is 9.73. The normalized spacial score (nSPS) is 12.5. The van der Waals surface area contributed by atoms with E-state index in [1.54, 1.807) is 14.2 Å². The van der Waals surface area contributed by atoms with Crippen LogP contribution in [-0.4, -0.2) is 32.1 Å². The Kier molecular flexibility index (Phi) is 7.00. The minimum Gasteiger partial charge on any atom is -0.410 e. The van der Waals surface area contributed by atoms with Crippen LogP contribution in [0.5, 0.6) is 0 Å². The van der Waals surface area contributed by atoms with Crippen molar-refractivity contribution in [2.45, 2.75) is 14.0 Å². The average molecular weight is 321 g/mol. The smallest absolute Gasteiger partial charge is 0.397 e. The molecule has 0 saturated carbocycles. The fourth-order valence-corrected chi connectivity index (χ4v) is 7.98. The summed E-state index contributed by atoms with van der Waals surface area (Å²) in [5.74, 6) is 0. The lowest BCUT2D eigenvalue weighted by Crippen LogP contribution is -2.64. The predicted octanol–water partition coefficient (Wildman–Crippen LogP) is 2.04. The molecule has 0 spiro atoms. The molecular weight excluding hydrogens is 296 g/mol. The summed E-state index contributed by atoms with van der Waals surface area (Å²) in [6.07, 6.45) is 0. The third-order valence-electron chi connectivity index (χ3n) is 3.26. The van der Waals surface area contributed by atoms with Crippen molar-refractivity contribution >= 4 is 28.2 Å². The fourth-order valence-electron chi connectivity index (χ4n) is 2.18. The molecule has 0 bridgehead atoms. The van der Waals surface area contributed by atoms with Gasteiger partial charge < -0.3 is 13.0 Å². The number of benzene rings is 2. The lowest BCUT2D eigenvalue weighted by Gasteiger charge is -2.32. The molecule has 0 aromatic heterocycles. The average Bonchev–Trinajstić information content (AvgIpc) is 2.54. The minimum absolute atomic E-state index is 0. The third-order valence-corrected chi connectivity index (χ3v) is 9.34. The molecule has 0 radical (unpaired) electrons. The molecule has 21 heavy (non-hydrogen) atoms. The molecule has 2 aromatic carbocycles. The zero-order chi connectivity index (χ0) is 14.4. The molecule has 0 heterocycles. The van der Waals surface area contributed by atoms with Crippen molar-refractivity contribution < 1.29 is 13.0 Å². The summed E-state index contributed by atoms with van der Waals surface area (Å²) in [7, 11) is -0.975. The van der Waals surface area contributed by atoms with E-state index in [9.17, 15) is 0 Å². The molecule has 0 N–H and O–H groups in total. The van der Waals surface area contributed by atoms with Crippen LogP contribution in [0.3, 0.4) is 0 Å². The van der Waals surface area contributed by atoms with Gasteiger partial charge in [-0.05, 0) is 16.9 Å². The fraction of sp³-hybridized carbons (Fsp3) is 0.250. The summed E-state index contributed by atoms with van der Waals surface area (Å²) in [4.78, 5) is 0. The van der Waals surface area contributed by atoms with Gasteiger partial charge in [0, 0.05) is 14.2 Å². The number of hydrogen-bond donors (Lipinski definition) is 0. The van der Waals surface area contributed by atoms with Crippen LogP contribution in [0.15, 0.2) is 60.7 Å². The molecule has 0 amide bonds. The summed E-state index contributed by atoms with van der Waals surface area (Å²) < 4.78 is 17.7. The van der Waals surface area contributed by atoms with Crippen molar-refractivity contribution in [3.8, 4) is 0 Å². The maximum Gasteiger partial charge on any atom is 0.397 e. The van der Waals surface area contributed by atoms with Crippen LogP contribution < -0.4 is 10.4 Å². The maximum atomic E-state index is 6.34. The Morgan fingerprint density at radius 1 is 0.810 bits per heavy atom. The Bertz CT molecular complexity index is 480. The summed E-state index contributed by atoms with van der Waals surface area (Å²) >= 11 is 0. The van der Waals surface area contributed by atoms with E-state index >= 15 is 0 Å². The van der Waals surface area contributed by atoms with Crippen LogP contribution in [0.4, 0.5) is 0 Å². The van der Waals surface area contributed by atoms with Crippen LogP contribution in [0.1, 0.15) is 7.43 Å². The second-order valence-electron chi connectivity index (χ2n) is 4.47. The quantitative estimate of drug-likeness (QED) is 0.762. The first-order valence-electron chi connectivity index (χ1n) is 6.59. The van der Waals surface area contributed by atoms with Crippen molar-refractivity contribution in [1.29, 1.82) is 0 Å². The monoisotopic (exact) mass is 320 g/mol. The number of rotatable bonds is 6. The summed E-state index contributed by atoms with van der Waals surface area (Å²) in [5, 5.41) is 2.20. The van der Waals surface area contributed by atoms with Gasteiger partial charge in [-0.15, -0.1) is 0 Å². The zero-order valence-corrected chi connectivity index (χ0v) is 14.2. The maximum absolute atomic E-state index is 6.34. The summed E-state index contributed by atoms with van der Waals surface area (Å²) in [5.41, 5.74) is 0. The van der Waals surface area contributed by atoms with Gasteiger partial charge in [-0.3, -0.25) is 0 Å². The van der Waals surface area contributed by atoms with Crippen LogP contribution >= 0.6 is 0 Å². The largest absolute Gasteiger partial charge is 0.410 e. The van der Waals surface area contributed by atoms with Gasteiger partial charge >= 0.3 is 17.8 Å².